The summed E-state index contributed by atoms with van der Waals surface area (Å²) in [4.78, 5) is 0. The summed E-state index contributed by atoms with van der Waals surface area (Å²) in [5.74, 6) is 0. The smallest absolute Gasteiger partial charge is 0.0102 e. The van der Waals surface area contributed by atoms with Crippen molar-refractivity contribution in [2.75, 3.05) is 0 Å². The van der Waals surface area contributed by atoms with Crippen LogP contribution in [0.15, 0.2) is 24.3 Å². The van der Waals surface area contributed by atoms with Crippen LogP contribution in [0.2, 0.25) is 0 Å². The predicted octanol–water partition coefficient (Wildman–Crippen LogP) is 4.58. The van der Waals surface area contributed by atoms with E-state index in [2.05, 4.69) is 54.2 Å². The second-order valence-corrected chi connectivity index (χ2v) is 5.57. The second-order valence-electron chi connectivity index (χ2n) is 5.57. The quantitative estimate of drug-likeness (QED) is 0.558. The zero-order chi connectivity index (χ0) is 10.7. The standard InChI is InChI=1S/C13H24/c1-8-11(9-2)13(6,7)10-12(3,4)5/h8-9H,1,10H2,2-7H3. The molecule has 0 fully saturated rings. The third kappa shape index (κ3) is 4.31. The van der Waals surface area contributed by atoms with Gasteiger partial charge in [-0.25, -0.2) is 0 Å². The number of hydrogen-bond acceptors (Lipinski definition) is 0. The first-order valence-electron chi connectivity index (χ1n) is 5.02. The fraction of sp³-hybridized carbons (Fsp3) is 0.692. The van der Waals surface area contributed by atoms with E-state index in [0.717, 1.165) is 0 Å². The normalized spacial score (nSPS) is 14.5. The fourth-order valence-corrected chi connectivity index (χ4v) is 2.21. The Morgan fingerprint density at radius 3 is 1.85 bits per heavy atom. The van der Waals surface area contributed by atoms with Gasteiger partial charge < -0.3 is 0 Å². The number of rotatable bonds is 3. The maximum absolute atomic E-state index is 3.86. The Hall–Kier alpha value is -0.520. The van der Waals surface area contributed by atoms with Crippen LogP contribution in [0, 0.1) is 10.8 Å². The molecule has 0 aromatic rings. The zero-order valence-corrected chi connectivity index (χ0v) is 10.1. The van der Waals surface area contributed by atoms with E-state index < -0.39 is 0 Å². The number of hydrogen-bond donors (Lipinski definition) is 0. The van der Waals surface area contributed by atoms with Crippen molar-refractivity contribution in [3.8, 4) is 0 Å². The Morgan fingerprint density at radius 2 is 1.62 bits per heavy atom. The molecular formula is C13H24. The van der Waals surface area contributed by atoms with E-state index in [1.54, 1.807) is 0 Å². The predicted molar refractivity (Wildman–Crippen MR) is 61.8 cm³/mol. The molecule has 0 amide bonds. The van der Waals surface area contributed by atoms with E-state index in [-0.39, 0.29) is 5.41 Å². The van der Waals surface area contributed by atoms with Crippen molar-refractivity contribution in [3.05, 3.63) is 24.3 Å². The monoisotopic (exact) mass is 180 g/mol. The van der Waals surface area contributed by atoms with Crippen molar-refractivity contribution in [1.82, 2.24) is 0 Å². The molecule has 0 saturated heterocycles. The molecule has 0 aliphatic carbocycles. The van der Waals surface area contributed by atoms with Crippen molar-refractivity contribution in [1.29, 1.82) is 0 Å². The van der Waals surface area contributed by atoms with Crippen LogP contribution in [0.5, 0.6) is 0 Å². The summed E-state index contributed by atoms with van der Waals surface area (Å²) in [5, 5.41) is 0. The van der Waals surface area contributed by atoms with Crippen molar-refractivity contribution in [2.24, 2.45) is 10.8 Å². The van der Waals surface area contributed by atoms with Crippen molar-refractivity contribution >= 4 is 0 Å². The molecule has 0 radical (unpaired) electrons. The molecule has 0 atom stereocenters. The molecule has 0 aliphatic heterocycles. The highest BCUT2D eigenvalue weighted by Gasteiger charge is 2.27. The Labute approximate surface area is 83.7 Å². The van der Waals surface area contributed by atoms with Crippen LogP contribution in [0.3, 0.4) is 0 Å². The maximum Gasteiger partial charge on any atom is -0.0102 e. The molecule has 0 nitrogen and oxygen atoms in total. The van der Waals surface area contributed by atoms with Crippen LogP contribution in [0.25, 0.3) is 0 Å². The number of allylic oxidation sites excluding steroid dienone is 3. The van der Waals surface area contributed by atoms with Gasteiger partial charge in [-0.3, -0.25) is 0 Å². The molecule has 0 aliphatic rings. The first-order valence-corrected chi connectivity index (χ1v) is 5.02. The van der Waals surface area contributed by atoms with Gasteiger partial charge in [-0.05, 0) is 29.7 Å². The van der Waals surface area contributed by atoms with Gasteiger partial charge in [0.05, 0.1) is 0 Å². The average Bonchev–Trinajstić information content (AvgIpc) is 1.83. The molecule has 76 valence electrons. The van der Waals surface area contributed by atoms with Gasteiger partial charge in [-0.15, -0.1) is 0 Å². The summed E-state index contributed by atoms with van der Waals surface area (Å²) in [5.41, 5.74) is 1.97. The van der Waals surface area contributed by atoms with E-state index in [1.165, 1.54) is 12.0 Å². The summed E-state index contributed by atoms with van der Waals surface area (Å²) in [6.07, 6.45) is 5.33. The highest BCUT2D eigenvalue weighted by Crippen LogP contribution is 2.38. The van der Waals surface area contributed by atoms with E-state index in [9.17, 15) is 0 Å². The minimum atomic E-state index is 0.245. The van der Waals surface area contributed by atoms with Crippen molar-refractivity contribution in [2.45, 2.75) is 48.0 Å². The Balaban J connectivity index is 4.66. The second kappa shape index (κ2) is 4.13. The molecule has 0 heteroatoms. The van der Waals surface area contributed by atoms with Gasteiger partial charge in [-0.1, -0.05) is 53.3 Å². The third-order valence-corrected chi connectivity index (χ3v) is 2.28. The molecule has 0 heterocycles. The summed E-state index contributed by atoms with van der Waals surface area (Å²) in [6, 6.07) is 0. The lowest BCUT2D eigenvalue weighted by Crippen LogP contribution is -2.22. The van der Waals surface area contributed by atoms with E-state index in [1.807, 2.05) is 6.08 Å². The molecule has 0 aromatic heterocycles. The molecule has 0 bridgehead atoms. The van der Waals surface area contributed by atoms with Crippen LogP contribution in [-0.2, 0) is 0 Å². The van der Waals surface area contributed by atoms with Gasteiger partial charge >= 0.3 is 0 Å². The first kappa shape index (κ1) is 12.5. The van der Waals surface area contributed by atoms with Gasteiger partial charge in [0.25, 0.3) is 0 Å². The van der Waals surface area contributed by atoms with E-state index >= 15 is 0 Å². The summed E-state index contributed by atoms with van der Waals surface area (Å²) >= 11 is 0. The largest absolute Gasteiger partial charge is 0.0988 e. The van der Waals surface area contributed by atoms with Crippen LogP contribution < -0.4 is 0 Å². The van der Waals surface area contributed by atoms with Gasteiger partial charge in [-0.2, -0.15) is 0 Å². The lowest BCUT2D eigenvalue weighted by atomic mass is 9.72. The van der Waals surface area contributed by atoms with Crippen LogP contribution in [0.4, 0.5) is 0 Å². The maximum atomic E-state index is 3.86. The molecule has 0 saturated carbocycles. The lowest BCUT2D eigenvalue weighted by Gasteiger charge is -2.33. The summed E-state index contributed by atoms with van der Waals surface area (Å²) in [7, 11) is 0. The van der Waals surface area contributed by atoms with Crippen LogP contribution in [0.1, 0.15) is 48.0 Å². The van der Waals surface area contributed by atoms with E-state index in [4.69, 9.17) is 0 Å². The summed E-state index contributed by atoms with van der Waals surface area (Å²) < 4.78 is 0. The molecule has 0 rings (SSSR count). The summed E-state index contributed by atoms with van der Waals surface area (Å²) in [6.45, 7) is 17.4. The average molecular weight is 180 g/mol. The first-order chi connectivity index (χ1) is 5.73. The SMILES string of the molecule is C=CC(=CC)C(C)(C)CC(C)(C)C. The third-order valence-electron chi connectivity index (χ3n) is 2.28. The van der Waals surface area contributed by atoms with Gasteiger partial charge in [0, 0.05) is 0 Å². The Kier molecular flexibility index (Phi) is 3.96. The molecule has 0 aromatic carbocycles. The molecule has 13 heavy (non-hydrogen) atoms. The Morgan fingerprint density at radius 1 is 1.15 bits per heavy atom. The van der Waals surface area contributed by atoms with E-state index in [0.29, 0.717) is 5.41 Å². The highest BCUT2D eigenvalue weighted by atomic mass is 14.3. The Bertz CT molecular complexity index is 199. The minimum Gasteiger partial charge on any atom is -0.0988 e. The zero-order valence-electron chi connectivity index (χ0n) is 10.1. The van der Waals surface area contributed by atoms with Crippen LogP contribution in [-0.4, -0.2) is 0 Å². The fourth-order valence-electron chi connectivity index (χ4n) is 2.21. The topological polar surface area (TPSA) is 0 Å². The van der Waals surface area contributed by atoms with Crippen LogP contribution >= 0.6 is 0 Å². The van der Waals surface area contributed by atoms with Gasteiger partial charge in [0.2, 0.25) is 0 Å². The molecular weight excluding hydrogens is 156 g/mol. The highest BCUT2D eigenvalue weighted by molar-refractivity contribution is 5.23. The molecule has 0 spiro atoms. The van der Waals surface area contributed by atoms with Gasteiger partial charge in [0.1, 0.15) is 0 Å². The van der Waals surface area contributed by atoms with Gasteiger partial charge in [0.15, 0.2) is 0 Å². The molecule has 0 N–H and O–H groups in total. The minimum absolute atomic E-state index is 0.245. The molecule has 0 unspecified atom stereocenters. The van der Waals surface area contributed by atoms with Crippen molar-refractivity contribution < 1.29 is 0 Å². The lowest BCUT2D eigenvalue weighted by molar-refractivity contribution is 0.253. The van der Waals surface area contributed by atoms with Crippen molar-refractivity contribution in [3.63, 3.8) is 0 Å².